The summed E-state index contributed by atoms with van der Waals surface area (Å²) in [5.41, 5.74) is 8.25. The molecule has 3 N–H and O–H groups in total. The number of nitrogens with zero attached hydrogens (tertiary/aromatic N) is 8. The number of piperidine rings is 1. The molecule has 5 heterocycles. The fourth-order valence-electron chi connectivity index (χ4n) is 6.23. The highest BCUT2D eigenvalue weighted by Gasteiger charge is 2.35. The second-order valence-corrected chi connectivity index (χ2v) is 13.3. The normalized spacial score (nSPS) is 16.5. The number of quaternary nitrogens is 1. The molecule has 0 atom stereocenters. The van der Waals surface area contributed by atoms with Crippen LogP contribution in [-0.4, -0.2) is 117 Å². The monoisotopic (exact) mass is 675 g/mol. The number of nitrogens with one attached hydrogen (secondary N) is 1. The second kappa shape index (κ2) is 13.3. The van der Waals surface area contributed by atoms with Crippen molar-refractivity contribution in [3.8, 4) is 23.0 Å². The van der Waals surface area contributed by atoms with Crippen LogP contribution in [0.5, 0.6) is 5.88 Å². The Morgan fingerprint density at radius 1 is 1.00 bits per heavy atom. The number of nitrogens with two attached hydrogens (primary N) is 1. The number of pyridine rings is 1. The summed E-state index contributed by atoms with van der Waals surface area (Å²) in [6, 6.07) is 8.25. The Hall–Kier alpha value is -4.95. The summed E-state index contributed by atoms with van der Waals surface area (Å²) < 4.78 is 9.63. The van der Waals surface area contributed by atoms with E-state index < -0.39 is 5.91 Å². The standard InChI is InChI=1S/C33H39ClN10O4/c1-40-27(25-20-43(39-31(25)48-4)28-8-5-22(35)18-36-28)19-37-29(40)30(45)38-23-6-7-24(26(34)17-23)33(47)42-13-11-41(12-14-42)32(46)21-9-15-44(2,3)16-10-21/h5-8,17-21H,9-16,35H2,1-4H3/p+1. The van der Waals surface area contributed by atoms with Gasteiger partial charge in [0.05, 0.1) is 74.2 Å². The zero-order chi connectivity index (χ0) is 34.2. The number of rotatable bonds is 7. The van der Waals surface area contributed by atoms with Crippen LogP contribution in [-0.2, 0) is 11.8 Å². The molecule has 0 aliphatic carbocycles. The number of likely N-dealkylation sites (tertiary alicyclic amines) is 1. The predicted octanol–water partition coefficient (Wildman–Crippen LogP) is 2.94. The molecule has 4 aromatic rings. The quantitative estimate of drug-likeness (QED) is 0.284. The van der Waals surface area contributed by atoms with Crippen LogP contribution >= 0.6 is 11.6 Å². The molecule has 0 radical (unpaired) electrons. The molecule has 0 bridgehead atoms. The number of piperazine rings is 1. The van der Waals surface area contributed by atoms with E-state index in [-0.39, 0.29) is 28.6 Å². The fourth-order valence-corrected chi connectivity index (χ4v) is 6.49. The molecule has 2 saturated heterocycles. The van der Waals surface area contributed by atoms with Crippen LogP contribution in [0.2, 0.25) is 5.02 Å². The van der Waals surface area contributed by atoms with E-state index in [9.17, 15) is 14.4 Å². The number of imidazole rings is 1. The number of hydrogen-bond donors (Lipinski definition) is 2. The maximum atomic E-state index is 13.4. The Bertz CT molecular complexity index is 1830. The van der Waals surface area contributed by atoms with Gasteiger partial charge in [0, 0.05) is 63.9 Å². The van der Waals surface area contributed by atoms with Gasteiger partial charge in [0.1, 0.15) is 0 Å². The first-order valence-corrected chi connectivity index (χ1v) is 16.2. The highest BCUT2D eigenvalue weighted by atomic mass is 35.5. The van der Waals surface area contributed by atoms with E-state index in [1.807, 2.05) is 4.90 Å². The molecule has 14 nitrogen and oxygen atoms in total. The van der Waals surface area contributed by atoms with Crippen molar-refractivity contribution in [2.45, 2.75) is 12.8 Å². The van der Waals surface area contributed by atoms with Gasteiger partial charge in [0.15, 0.2) is 11.6 Å². The number of benzene rings is 1. The first kappa shape index (κ1) is 33.0. The third kappa shape index (κ3) is 6.71. The fraction of sp³-hybridized carbons (Fsp3) is 0.394. The van der Waals surface area contributed by atoms with Crippen LogP contribution in [0.1, 0.15) is 33.8 Å². The van der Waals surface area contributed by atoms with Crippen molar-refractivity contribution < 1.29 is 23.6 Å². The highest BCUT2D eigenvalue weighted by molar-refractivity contribution is 6.34. The summed E-state index contributed by atoms with van der Waals surface area (Å²) in [5.74, 6) is 0.604. The van der Waals surface area contributed by atoms with E-state index in [0.717, 1.165) is 30.4 Å². The minimum atomic E-state index is -0.466. The molecule has 0 unspecified atom stereocenters. The summed E-state index contributed by atoms with van der Waals surface area (Å²) in [7, 11) is 7.62. The molecule has 2 fully saturated rings. The number of nitrogen functional groups attached to an aromatic ring is 1. The number of anilines is 2. The number of aromatic nitrogens is 5. The topological polar surface area (TPSA) is 154 Å². The van der Waals surface area contributed by atoms with Gasteiger partial charge in [-0.05, 0) is 30.3 Å². The van der Waals surface area contributed by atoms with Gasteiger partial charge in [0.25, 0.3) is 11.8 Å². The van der Waals surface area contributed by atoms with Crippen molar-refractivity contribution in [3.05, 3.63) is 65.3 Å². The van der Waals surface area contributed by atoms with Crippen molar-refractivity contribution in [2.75, 3.05) is 71.5 Å². The zero-order valence-corrected chi connectivity index (χ0v) is 28.3. The first-order chi connectivity index (χ1) is 22.9. The Labute approximate surface area is 283 Å². The molecule has 3 aromatic heterocycles. The molecule has 2 aliphatic heterocycles. The average Bonchev–Trinajstić information content (AvgIpc) is 3.68. The van der Waals surface area contributed by atoms with Gasteiger partial charge in [-0.15, -0.1) is 5.10 Å². The number of amides is 3. The van der Waals surface area contributed by atoms with Crippen molar-refractivity contribution in [1.82, 2.24) is 34.1 Å². The number of ether oxygens (including phenoxy) is 1. The third-order valence-corrected chi connectivity index (χ3v) is 9.51. The number of halogens is 1. The summed E-state index contributed by atoms with van der Waals surface area (Å²) in [6.45, 7) is 3.88. The summed E-state index contributed by atoms with van der Waals surface area (Å²) in [6.07, 6.45) is 6.63. The maximum Gasteiger partial charge on any atom is 0.291 e. The highest BCUT2D eigenvalue weighted by Crippen LogP contribution is 2.31. The number of carbonyl (C=O) groups is 3. The minimum absolute atomic E-state index is 0.0626. The molecule has 48 heavy (non-hydrogen) atoms. The Kier molecular flexibility index (Phi) is 9.12. The number of methoxy groups -OCH3 is 1. The van der Waals surface area contributed by atoms with E-state index in [4.69, 9.17) is 22.1 Å². The summed E-state index contributed by atoms with van der Waals surface area (Å²) >= 11 is 6.57. The van der Waals surface area contributed by atoms with E-state index in [0.29, 0.717) is 66.1 Å². The van der Waals surface area contributed by atoms with E-state index in [1.165, 1.54) is 13.3 Å². The lowest BCUT2D eigenvalue weighted by Crippen LogP contribution is -2.54. The van der Waals surface area contributed by atoms with E-state index in [1.54, 1.807) is 63.9 Å². The summed E-state index contributed by atoms with van der Waals surface area (Å²) in [5, 5.41) is 7.49. The second-order valence-electron chi connectivity index (χ2n) is 12.9. The molecule has 252 valence electrons. The van der Waals surface area contributed by atoms with E-state index >= 15 is 0 Å². The van der Waals surface area contributed by atoms with Gasteiger partial charge >= 0.3 is 0 Å². The van der Waals surface area contributed by atoms with Crippen LogP contribution < -0.4 is 15.8 Å². The van der Waals surface area contributed by atoms with Gasteiger partial charge < -0.3 is 34.6 Å². The Morgan fingerprint density at radius 3 is 2.35 bits per heavy atom. The maximum absolute atomic E-state index is 13.4. The molecule has 15 heteroatoms. The SMILES string of the molecule is COc1nn(-c2ccc(N)cn2)cc1-c1cnc(C(=O)Nc2ccc(C(=O)N3CCN(C(=O)C4CC[N+](C)(C)CC4)CC3)c(Cl)c2)n1C. The molecule has 0 spiro atoms. The van der Waals surface area contributed by atoms with Gasteiger partial charge in [-0.25, -0.2) is 14.6 Å². The molecule has 3 amide bonds. The lowest BCUT2D eigenvalue weighted by atomic mass is 9.94. The van der Waals surface area contributed by atoms with Crippen LogP contribution in [0.4, 0.5) is 11.4 Å². The van der Waals surface area contributed by atoms with Gasteiger partial charge in [-0.3, -0.25) is 14.4 Å². The molecular formula is C33H40ClN10O4+. The Morgan fingerprint density at radius 2 is 1.71 bits per heavy atom. The molecule has 0 saturated carbocycles. The van der Waals surface area contributed by atoms with Crippen molar-refractivity contribution in [1.29, 1.82) is 0 Å². The molecule has 1 aromatic carbocycles. The van der Waals surface area contributed by atoms with Crippen LogP contribution in [0.15, 0.2) is 48.9 Å². The first-order valence-electron chi connectivity index (χ1n) is 15.8. The average molecular weight is 676 g/mol. The van der Waals surface area contributed by atoms with Gasteiger partial charge in [-0.1, -0.05) is 11.6 Å². The van der Waals surface area contributed by atoms with Crippen molar-refractivity contribution in [2.24, 2.45) is 13.0 Å². The number of hydrogen-bond acceptors (Lipinski definition) is 8. The number of carbonyl (C=O) groups excluding carboxylic acids is 3. The predicted molar refractivity (Wildman–Crippen MR) is 181 cm³/mol. The van der Waals surface area contributed by atoms with Gasteiger partial charge in [0.2, 0.25) is 11.8 Å². The summed E-state index contributed by atoms with van der Waals surface area (Å²) in [4.78, 5) is 52.0. The molecular weight excluding hydrogens is 636 g/mol. The minimum Gasteiger partial charge on any atom is -0.479 e. The van der Waals surface area contributed by atoms with E-state index in [2.05, 4.69) is 34.5 Å². The smallest absolute Gasteiger partial charge is 0.291 e. The molecule has 2 aliphatic rings. The van der Waals surface area contributed by atoms with Crippen LogP contribution in [0, 0.1) is 5.92 Å². The van der Waals surface area contributed by atoms with Crippen molar-refractivity contribution in [3.63, 3.8) is 0 Å². The lowest BCUT2D eigenvalue weighted by molar-refractivity contribution is -0.895. The lowest BCUT2D eigenvalue weighted by Gasteiger charge is -2.40. The van der Waals surface area contributed by atoms with Crippen LogP contribution in [0.25, 0.3) is 17.1 Å². The van der Waals surface area contributed by atoms with Gasteiger partial charge in [-0.2, -0.15) is 0 Å². The molecule has 6 rings (SSSR count). The largest absolute Gasteiger partial charge is 0.479 e. The third-order valence-electron chi connectivity index (χ3n) is 9.20. The zero-order valence-electron chi connectivity index (χ0n) is 27.5. The Balaban J connectivity index is 1.08. The van der Waals surface area contributed by atoms with Crippen LogP contribution in [0.3, 0.4) is 0 Å². The van der Waals surface area contributed by atoms with Crippen molar-refractivity contribution >= 4 is 40.7 Å².